The molecule has 0 bridgehead atoms. The fourth-order valence-electron chi connectivity index (χ4n) is 2.98. The molecule has 0 aromatic heterocycles. The average molecular weight is 349 g/mol. The molecule has 2 aliphatic heterocycles. The van der Waals surface area contributed by atoms with E-state index in [1.165, 1.54) is 11.8 Å². The lowest BCUT2D eigenvalue weighted by Gasteiger charge is -2.17. The molecule has 25 heavy (non-hydrogen) atoms. The van der Waals surface area contributed by atoms with Crippen LogP contribution in [0.15, 0.2) is 70.6 Å². The van der Waals surface area contributed by atoms with Crippen LogP contribution in [0.3, 0.4) is 0 Å². The molecule has 2 aromatic carbocycles. The van der Waals surface area contributed by atoms with Crippen molar-refractivity contribution in [1.82, 2.24) is 4.90 Å². The van der Waals surface area contributed by atoms with Crippen LogP contribution in [0, 0.1) is 0 Å². The number of ether oxygens (including phenoxy) is 1. The van der Waals surface area contributed by atoms with Crippen LogP contribution in [0.2, 0.25) is 0 Å². The number of Topliss-reactive ketones (excluding diaryl/α,β-unsaturated/α-hetero) is 2. The Morgan fingerprint density at radius 3 is 2.48 bits per heavy atom. The number of thioether (sulfide) groups is 1. The van der Waals surface area contributed by atoms with Crippen molar-refractivity contribution in [2.45, 2.75) is 0 Å². The molecule has 2 heterocycles. The van der Waals surface area contributed by atoms with Gasteiger partial charge in [0.25, 0.3) is 0 Å². The van der Waals surface area contributed by atoms with Crippen LogP contribution in [0.1, 0.15) is 15.9 Å². The van der Waals surface area contributed by atoms with E-state index < -0.39 is 0 Å². The second kappa shape index (κ2) is 6.26. The van der Waals surface area contributed by atoms with E-state index in [4.69, 9.17) is 4.74 Å². The topological polar surface area (TPSA) is 46.6 Å². The monoisotopic (exact) mass is 349 g/mol. The summed E-state index contributed by atoms with van der Waals surface area (Å²) in [6.07, 6.45) is 0. The van der Waals surface area contributed by atoms with Crippen molar-refractivity contribution in [3.8, 4) is 5.75 Å². The van der Waals surface area contributed by atoms with Crippen LogP contribution in [0.25, 0.3) is 5.70 Å². The van der Waals surface area contributed by atoms with Gasteiger partial charge in [0.2, 0.25) is 0 Å². The van der Waals surface area contributed by atoms with E-state index in [0.29, 0.717) is 11.3 Å². The van der Waals surface area contributed by atoms with Gasteiger partial charge in [-0.25, -0.2) is 0 Å². The maximum atomic E-state index is 12.9. The van der Waals surface area contributed by atoms with Crippen LogP contribution < -0.4 is 4.74 Å². The quantitative estimate of drug-likeness (QED) is 0.622. The minimum atomic E-state index is -0.236. The van der Waals surface area contributed by atoms with Crippen molar-refractivity contribution in [1.29, 1.82) is 0 Å². The lowest BCUT2D eigenvalue weighted by atomic mass is 10.0. The summed E-state index contributed by atoms with van der Waals surface area (Å²) in [6, 6.07) is 16.7. The van der Waals surface area contributed by atoms with Gasteiger partial charge < -0.3 is 9.64 Å². The molecule has 0 saturated carbocycles. The van der Waals surface area contributed by atoms with Crippen LogP contribution >= 0.6 is 11.8 Å². The van der Waals surface area contributed by atoms with Gasteiger partial charge in [0.1, 0.15) is 5.75 Å². The minimum absolute atomic E-state index is 0.134. The molecule has 0 N–H and O–H groups in total. The Morgan fingerprint density at radius 1 is 1.08 bits per heavy atom. The van der Waals surface area contributed by atoms with Crippen LogP contribution in [-0.4, -0.2) is 30.1 Å². The maximum absolute atomic E-state index is 12.9. The van der Waals surface area contributed by atoms with Gasteiger partial charge in [0.15, 0.2) is 11.6 Å². The number of methoxy groups -OCH3 is 1. The third-order valence-electron chi connectivity index (χ3n) is 4.26. The first-order valence-corrected chi connectivity index (χ1v) is 8.73. The van der Waals surface area contributed by atoms with Crippen molar-refractivity contribution in [2.75, 3.05) is 13.7 Å². The molecule has 4 rings (SSSR count). The third-order valence-corrected chi connectivity index (χ3v) is 5.25. The highest BCUT2D eigenvalue weighted by Crippen LogP contribution is 2.45. The SMILES string of the molecule is COc1ccc(C(=O)C2=C3SC=C(c4ccccc4)N3CC2=O)cc1. The van der Waals surface area contributed by atoms with Gasteiger partial charge in [-0.2, -0.15) is 0 Å². The third kappa shape index (κ3) is 2.66. The molecule has 0 fully saturated rings. The van der Waals surface area contributed by atoms with Crippen molar-refractivity contribution in [2.24, 2.45) is 0 Å². The summed E-state index contributed by atoms with van der Waals surface area (Å²) < 4.78 is 5.12. The zero-order valence-electron chi connectivity index (χ0n) is 13.6. The standard InChI is InChI=1S/C20H15NO3S/c1-24-15-9-7-14(8-10-15)19(23)18-17(22)11-21-16(12-25-20(18)21)13-5-3-2-4-6-13/h2-10,12H,11H2,1H3. The highest BCUT2D eigenvalue weighted by molar-refractivity contribution is 8.06. The Hall–Kier alpha value is -2.79. The Kier molecular flexibility index (Phi) is 3.93. The van der Waals surface area contributed by atoms with Crippen LogP contribution in [0.4, 0.5) is 0 Å². The normalized spacial score (nSPS) is 16.1. The van der Waals surface area contributed by atoms with E-state index in [-0.39, 0.29) is 23.7 Å². The van der Waals surface area contributed by atoms with Crippen LogP contribution in [-0.2, 0) is 4.79 Å². The fraction of sp³-hybridized carbons (Fsp3) is 0.100. The molecule has 0 amide bonds. The first-order valence-electron chi connectivity index (χ1n) is 7.85. The summed E-state index contributed by atoms with van der Waals surface area (Å²) in [5, 5.41) is 2.72. The number of hydrogen-bond acceptors (Lipinski definition) is 5. The molecule has 2 aliphatic rings. The molecule has 0 aliphatic carbocycles. The van der Waals surface area contributed by atoms with Crippen molar-refractivity contribution < 1.29 is 14.3 Å². The van der Waals surface area contributed by atoms with Gasteiger partial charge in [-0.3, -0.25) is 9.59 Å². The van der Waals surface area contributed by atoms with Crippen molar-refractivity contribution >= 4 is 29.0 Å². The van der Waals surface area contributed by atoms with E-state index >= 15 is 0 Å². The Balaban J connectivity index is 1.67. The first-order chi connectivity index (χ1) is 12.2. The molecule has 0 spiro atoms. The summed E-state index contributed by atoms with van der Waals surface area (Å²) in [5.74, 6) is 0.307. The molecular formula is C20H15NO3S. The molecule has 0 saturated heterocycles. The number of nitrogens with zero attached hydrogens (tertiary/aromatic N) is 1. The maximum Gasteiger partial charge on any atom is 0.199 e. The van der Waals surface area contributed by atoms with E-state index in [0.717, 1.165) is 16.3 Å². The molecule has 0 atom stereocenters. The van der Waals surface area contributed by atoms with Gasteiger partial charge in [0.05, 0.1) is 30.0 Å². The molecular weight excluding hydrogens is 334 g/mol. The summed E-state index contributed by atoms with van der Waals surface area (Å²) in [4.78, 5) is 27.3. The fourth-order valence-corrected chi connectivity index (χ4v) is 4.09. The van der Waals surface area contributed by atoms with Gasteiger partial charge in [-0.15, -0.1) is 0 Å². The highest BCUT2D eigenvalue weighted by atomic mass is 32.2. The number of benzene rings is 2. The molecule has 0 radical (unpaired) electrons. The predicted molar refractivity (Wildman–Crippen MR) is 98.1 cm³/mol. The smallest absolute Gasteiger partial charge is 0.199 e. The number of carbonyl (C=O) groups excluding carboxylic acids is 2. The zero-order chi connectivity index (χ0) is 17.4. The van der Waals surface area contributed by atoms with Crippen molar-refractivity contribution in [3.05, 3.63) is 81.7 Å². The minimum Gasteiger partial charge on any atom is -0.497 e. The van der Waals surface area contributed by atoms with E-state index in [1.807, 2.05) is 40.6 Å². The lowest BCUT2D eigenvalue weighted by molar-refractivity contribution is -0.114. The Bertz CT molecular complexity index is 914. The number of ketones is 2. The first kappa shape index (κ1) is 15.7. The van der Waals surface area contributed by atoms with Crippen molar-refractivity contribution in [3.63, 3.8) is 0 Å². The number of carbonyl (C=O) groups is 2. The van der Waals surface area contributed by atoms with E-state index in [1.54, 1.807) is 31.4 Å². The highest BCUT2D eigenvalue weighted by Gasteiger charge is 2.39. The second-order valence-corrected chi connectivity index (χ2v) is 6.59. The Morgan fingerprint density at radius 2 is 1.80 bits per heavy atom. The van der Waals surface area contributed by atoms with E-state index in [2.05, 4.69) is 0 Å². The molecule has 2 aromatic rings. The summed E-state index contributed by atoms with van der Waals surface area (Å²) >= 11 is 1.44. The van der Waals surface area contributed by atoms with Gasteiger partial charge in [0, 0.05) is 11.0 Å². The number of hydrogen-bond donors (Lipinski definition) is 0. The summed E-state index contributed by atoms with van der Waals surface area (Å²) in [7, 11) is 1.58. The zero-order valence-corrected chi connectivity index (χ0v) is 14.4. The number of fused-ring (bicyclic) bond motifs is 1. The summed E-state index contributed by atoms with van der Waals surface area (Å²) in [6.45, 7) is 0.209. The average Bonchev–Trinajstić information content (AvgIpc) is 3.19. The second-order valence-electron chi connectivity index (χ2n) is 5.73. The molecule has 124 valence electrons. The summed E-state index contributed by atoms with van der Waals surface area (Å²) in [5.41, 5.74) is 2.77. The van der Waals surface area contributed by atoms with Gasteiger partial charge in [-0.1, -0.05) is 42.1 Å². The lowest BCUT2D eigenvalue weighted by Crippen LogP contribution is -2.17. The molecule has 0 unspecified atom stereocenters. The molecule has 5 heteroatoms. The number of rotatable bonds is 4. The van der Waals surface area contributed by atoms with E-state index in [9.17, 15) is 9.59 Å². The van der Waals surface area contributed by atoms with Crippen LogP contribution in [0.5, 0.6) is 5.75 Å². The predicted octanol–water partition coefficient (Wildman–Crippen LogP) is 3.72. The van der Waals surface area contributed by atoms with Gasteiger partial charge >= 0.3 is 0 Å². The van der Waals surface area contributed by atoms with Gasteiger partial charge in [-0.05, 0) is 29.8 Å². The molecule has 4 nitrogen and oxygen atoms in total. The Labute approximate surface area is 149 Å². The largest absolute Gasteiger partial charge is 0.497 e.